The average molecular weight is 752 g/mol. The first kappa shape index (κ1) is 37.3. The Morgan fingerprint density at radius 2 is 1.71 bits per heavy atom. The fraction of sp³-hybridized carbons (Fsp3) is 0.342. The Morgan fingerprint density at radius 3 is 2.52 bits per heavy atom. The van der Waals surface area contributed by atoms with Gasteiger partial charge in [-0.05, 0) is 71.0 Å². The monoisotopic (exact) mass is 750 g/mol. The summed E-state index contributed by atoms with van der Waals surface area (Å²) in [5.41, 5.74) is 5.04. The van der Waals surface area contributed by atoms with Crippen LogP contribution in [0.3, 0.4) is 0 Å². The van der Waals surface area contributed by atoms with Crippen LogP contribution in [0.5, 0.6) is 17.2 Å². The SMILES string of the molecule is O=C(O)[C@@H](CO)NCc1cc(Cl)c(OCc2cccc(-c3cccc(OCCCN4CCC(O)CC4)c3)c2Cl)cc1OCc1ccc2nonc2c1. The number of aromatic nitrogens is 2. The van der Waals surface area contributed by atoms with Crippen molar-refractivity contribution >= 4 is 40.2 Å². The molecule has 0 saturated carbocycles. The number of rotatable bonds is 17. The first-order chi connectivity index (χ1) is 25.3. The molecule has 12 nitrogen and oxygen atoms in total. The number of benzene rings is 4. The van der Waals surface area contributed by atoms with Crippen molar-refractivity contribution in [2.24, 2.45) is 0 Å². The van der Waals surface area contributed by atoms with E-state index in [0.717, 1.165) is 66.9 Å². The first-order valence-corrected chi connectivity index (χ1v) is 17.8. The highest BCUT2D eigenvalue weighted by atomic mass is 35.5. The lowest BCUT2D eigenvalue weighted by molar-refractivity contribution is -0.140. The zero-order valence-electron chi connectivity index (χ0n) is 28.3. The second kappa shape index (κ2) is 17.9. The molecule has 0 spiro atoms. The molecule has 1 aliphatic heterocycles. The number of carbonyl (C=O) groups is 1. The summed E-state index contributed by atoms with van der Waals surface area (Å²) in [5.74, 6) is 0.310. The van der Waals surface area contributed by atoms with Crippen molar-refractivity contribution in [3.8, 4) is 28.4 Å². The van der Waals surface area contributed by atoms with E-state index in [1.807, 2.05) is 48.5 Å². The number of hydrogen-bond donors (Lipinski definition) is 4. The number of ether oxygens (including phenoxy) is 3. The summed E-state index contributed by atoms with van der Waals surface area (Å²) in [4.78, 5) is 13.9. The highest BCUT2D eigenvalue weighted by molar-refractivity contribution is 6.34. The molecule has 4 aromatic carbocycles. The Balaban J connectivity index is 1.13. The summed E-state index contributed by atoms with van der Waals surface area (Å²) in [6.07, 6.45) is 2.36. The summed E-state index contributed by atoms with van der Waals surface area (Å²) >= 11 is 13.6. The standard InChI is InChI=1S/C38H40Cl2N4O8/c39-31-18-27(20-41-34(21-45)38(47)48)35(50-22-24-8-9-32-33(16-24)43-52-42-32)19-36(31)51-23-26-5-2-7-30(37(26)40)25-4-1-6-29(17-25)49-15-3-12-44-13-10-28(46)11-14-44/h1-2,4-9,16-19,28,34,41,45-46H,3,10-15,20-23H2,(H,47,48)/t34-/m1/s1. The van der Waals surface area contributed by atoms with Crippen molar-refractivity contribution in [2.45, 2.75) is 51.2 Å². The van der Waals surface area contributed by atoms with Gasteiger partial charge < -0.3 is 34.4 Å². The number of likely N-dealkylation sites (tertiary alicyclic amines) is 1. The molecule has 0 bridgehead atoms. The quantitative estimate of drug-likeness (QED) is 0.0809. The lowest BCUT2D eigenvalue weighted by Gasteiger charge is -2.29. The zero-order valence-corrected chi connectivity index (χ0v) is 29.9. The molecule has 2 heterocycles. The molecule has 0 unspecified atom stereocenters. The Labute approximate surface area is 310 Å². The van der Waals surface area contributed by atoms with Crippen molar-refractivity contribution in [3.63, 3.8) is 0 Å². The maximum absolute atomic E-state index is 11.5. The third-order valence-electron chi connectivity index (χ3n) is 8.90. The van der Waals surface area contributed by atoms with Crippen molar-refractivity contribution in [2.75, 3.05) is 32.8 Å². The fourth-order valence-electron chi connectivity index (χ4n) is 5.94. The van der Waals surface area contributed by atoms with Crippen LogP contribution in [-0.2, 0) is 24.6 Å². The Bertz CT molecular complexity index is 1970. The van der Waals surface area contributed by atoms with Gasteiger partial charge in [0.2, 0.25) is 0 Å². The molecule has 0 radical (unpaired) electrons. The highest BCUT2D eigenvalue weighted by Crippen LogP contribution is 2.36. The van der Waals surface area contributed by atoms with Crippen LogP contribution in [0.1, 0.15) is 36.0 Å². The number of piperidine rings is 1. The molecule has 0 aliphatic carbocycles. The predicted octanol–water partition coefficient (Wildman–Crippen LogP) is 6.12. The highest BCUT2D eigenvalue weighted by Gasteiger charge is 2.19. The number of nitrogens with one attached hydrogen (secondary N) is 1. The number of carboxylic acids is 1. The summed E-state index contributed by atoms with van der Waals surface area (Å²) < 4.78 is 23.2. The second-order valence-corrected chi connectivity index (χ2v) is 13.4. The molecule has 14 heteroatoms. The topological polar surface area (TPSA) is 160 Å². The van der Waals surface area contributed by atoms with Gasteiger partial charge in [0.25, 0.3) is 0 Å². The van der Waals surface area contributed by atoms with Crippen LogP contribution in [0.25, 0.3) is 22.2 Å². The normalized spacial score (nSPS) is 14.4. The molecule has 4 N–H and O–H groups in total. The maximum atomic E-state index is 11.5. The number of carboxylic acid groups (broad SMARTS) is 1. The molecule has 1 aromatic heterocycles. The molecular weight excluding hydrogens is 711 g/mol. The van der Waals surface area contributed by atoms with E-state index in [0.29, 0.717) is 39.7 Å². The van der Waals surface area contributed by atoms with Gasteiger partial charge in [0.1, 0.15) is 47.5 Å². The third kappa shape index (κ3) is 9.71. The average Bonchev–Trinajstić information content (AvgIpc) is 3.62. The Morgan fingerprint density at radius 1 is 0.923 bits per heavy atom. The summed E-state index contributed by atoms with van der Waals surface area (Å²) in [5, 5.41) is 40.0. The van der Waals surface area contributed by atoms with Gasteiger partial charge in [-0.25, -0.2) is 4.63 Å². The number of aliphatic hydroxyl groups excluding tert-OH is 2. The van der Waals surface area contributed by atoms with Crippen molar-refractivity contribution < 1.29 is 39.0 Å². The van der Waals surface area contributed by atoms with Gasteiger partial charge in [-0.2, -0.15) is 0 Å². The van der Waals surface area contributed by atoms with Gasteiger partial charge in [0.05, 0.1) is 29.4 Å². The van der Waals surface area contributed by atoms with E-state index in [2.05, 4.69) is 20.5 Å². The van der Waals surface area contributed by atoms with Crippen molar-refractivity contribution in [1.29, 1.82) is 0 Å². The van der Waals surface area contributed by atoms with Crippen LogP contribution in [0.2, 0.25) is 10.0 Å². The van der Waals surface area contributed by atoms with Crippen LogP contribution in [0.15, 0.2) is 77.4 Å². The summed E-state index contributed by atoms with van der Waals surface area (Å²) in [6, 6.07) is 21.1. The number of aliphatic hydroxyl groups is 2. The minimum absolute atomic E-state index is 0.0548. The molecule has 5 aromatic rings. The van der Waals surface area contributed by atoms with E-state index in [1.165, 1.54) is 0 Å². The molecular formula is C38H40Cl2N4O8. The van der Waals surface area contributed by atoms with Crippen LogP contribution in [0.4, 0.5) is 0 Å². The van der Waals surface area contributed by atoms with Crippen LogP contribution in [0, 0.1) is 0 Å². The van der Waals surface area contributed by atoms with Gasteiger partial charge in [-0.3, -0.25) is 10.1 Å². The van der Waals surface area contributed by atoms with E-state index in [4.69, 9.17) is 42.0 Å². The predicted molar refractivity (Wildman–Crippen MR) is 196 cm³/mol. The number of aliphatic carboxylic acids is 1. The Kier molecular flexibility index (Phi) is 12.8. The number of nitrogens with zero attached hydrogens (tertiary/aromatic N) is 3. The van der Waals surface area contributed by atoms with Gasteiger partial charge in [-0.1, -0.05) is 59.6 Å². The van der Waals surface area contributed by atoms with Crippen molar-refractivity contribution in [1.82, 2.24) is 20.5 Å². The second-order valence-electron chi connectivity index (χ2n) is 12.6. The van der Waals surface area contributed by atoms with E-state index in [9.17, 15) is 20.1 Å². The van der Waals surface area contributed by atoms with Gasteiger partial charge in [0.15, 0.2) is 0 Å². The summed E-state index contributed by atoms with van der Waals surface area (Å²) in [7, 11) is 0. The number of halogens is 2. The molecule has 1 saturated heterocycles. The molecule has 0 amide bonds. The Hall–Kier alpha value is -4.43. The largest absolute Gasteiger partial charge is 0.494 e. The molecule has 1 aliphatic rings. The fourth-order valence-corrected chi connectivity index (χ4v) is 6.48. The first-order valence-electron chi connectivity index (χ1n) is 17.0. The molecule has 1 atom stereocenters. The van der Waals surface area contributed by atoms with Gasteiger partial charge in [0, 0.05) is 48.9 Å². The van der Waals surface area contributed by atoms with Crippen LogP contribution in [-0.4, -0.2) is 81.5 Å². The third-order valence-corrected chi connectivity index (χ3v) is 9.64. The van der Waals surface area contributed by atoms with E-state index >= 15 is 0 Å². The zero-order chi connectivity index (χ0) is 36.5. The van der Waals surface area contributed by atoms with E-state index in [-0.39, 0.29) is 30.9 Å². The maximum Gasteiger partial charge on any atom is 0.323 e. The smallest absolute Gasteiger partial charge is 0.323 e. The molecule has 52 heavy (non-hydrogen) atoms. The van der Waals surface area contributed by atoms with Crippen molar-refractivity contribution in [3.05, 3.63) is 99.5 Å². The number of fused-ring (bicyclic) bond motifs is 1. The molecule has 274 valence electrons. The molecule has 6 rings (SSSR count). The van der Waals surface area contributed by atoms with Gasteiger partial charge >= 0.3 is 5.97 Å². The van der Waals surface area contributed by atoms with E-state index < -0.39 is 18.6 Å². The molecule has 1 fully saturated rings. The lowest BCUT2D eigenvalue weighted by atomic mass is 10.0. The minimum atomic E-state index is -1.19. The van der Waals surface area contributed by atoms with Crippen LogP contribution < -0.4 is 19.5 Å². The minimum Gasteiger partial charge on any atom is -0.494 e. The van der Waals surface area contributed by atoms with Crippen LogP contribution >= 0.6 is 23.2 Å². The number of hydrogen-bond acceptors (Lipinski definition) is 11. The van der Waals surface area contributed by atoms with Gasteiger partial charge in [-0.15, -0.1) is 0 Å². The lowest BCUT2D eigenvalue weighted by Crippen LogP contribution is -2.39. The van der Waals surface area contributed by atoms with E-state index in [1.54, 1.807) is 24.3 Å². The summed E-state index contributed by atoms with van der Waals surface area (Å²) in [6.45, 7) is 3.08.